The Balaban J connectivity index is 1.86. The second-order valence-corrected chi connectivity index (χ2v) is 7.91. The molecular weight excluding hydrogens is 404 g/mol. The number of thiazole rings is 1. The molecule has 0 bridgehead atoms. The molecule has 30 heavy (non-hydrogen) atoms. The number of nitrogens with zero attached hydrogens (tertiary/aromatic N) is 2. The molecule has 1 aliphatic rings. The molecule has 0 unspecified atom stereocenters. The number of carbonyl (C=O) groups excluding carboxylic acids is 1. The number of methoxy groups -OCH3 is 3. The summed E-state index contributed by atoms with van der Waals surface area (Å²) < 4.78 is 17.6. The number of carbonyl (C=O) groups is 1. The van der Waals surface area contributed by atoms with Crippen LogP contribution < -0.4 is 24.0 Å². The lowest BCUT2D eigenvalue weighted by Gasteiger charge is -2.32. The van der Waals surface area contributed by atoms with Gasteiger partial charge in [0, 0.05) is 25.5 Å². The molecule has 1 amide bonds. The first-order chi connectivity index (χ1) is 14.5. The second-order valence-electron chi connectivity index (χ2n) is 6.92. The summed E-state index contributed by atoms with van der Waals surface area (Å²) in [5.41, 5.74) is 1.56. The van der Waals surface area contributed by atoms with Gasteiger partial charge in [0.15, 0.2) is 11.5 Å². The van der Waals surface area contributed by atoms with Crippen LogP contribution in [0.2, 0.25) is 0 Å². The van der Waals surface area contributed by atoms with Crippen LogP contribution in [0.1, 0.15) is 22.8 Å². The van der Waals surface area contributed by atoms with Gasteiger partial charge in [-0.2, -0.15) is 0 Å². The van der Waals surface area contributed by atoms with E-state index in [1.807, 2.05) is 36.4 Å². The Kier molecular flexibility index (Phi) is 5.26. The molecule has 0 saturated heterocycles. The van der Waals surface area contributed by atoms with Gasteiger partial charge in [0.2, 0.25) is 5.91 Å². The monoisotopic (exact) mass is 426 g/mol. The predicted octanol–water partition coefficient (Wildman–Crippen LogP) is 3.67. The molecule has 8 heteroatoms. The number of ether oxygens (including phenoxy) is 3. The Morgan fingerprint density at radius 3 is 2.43 bits per heavy atom. The van der Waals surface area contributed by atoms with Crippen LogP contribution in [0, 0.1) is 0 Å². The highest BCUT2D eigenvalue weighted by atomic mass is 32.1. The molecule has 0 spiro atoms. The van der Waals surface area contributed by atoms with Gasteiger partial charge in [-0.3, -0.25) is 19.1 Å². The summed E-state index contributed by atoms with van der Waals surface area (Å²) in [6.45, 7) is 0. The van der Waals surface area contributed by atoms with Crippen molar-refractivity contribution in [3.8, 4) is 17.2 Å². The minimum atomic E-state index is -0.243. The fraction of sp³-hybridized carbons (Fsp3) is 0.273. The number of fused-ring (bicyclic) bond motifs is 1. The van der Waals surface area contributed by atoms with E-state index < -0.39 is 0 Å². The van der Waals surface area contributed by atoms with Crippen molar-refractivity contribution in [3.05, 3.63) is 62.6 Å². The van der Waals surface area contributed by atoms with Gasteiger partial charge >= 0.3 is 4.87 Å². The number of hydrogen-bond acceptors (Lipinski definition) is 6. The molecule has 7 nitrogen and oxygen atoms in total. The largest absolute Gasteiger partial charge is 0.497 e. The molecule has 1 aromatic heterocycles. The van der Waals surface area contributed by atoms with Crippen molar-refractivity contribution in [2.24, 2.45) is 7.05 Å². The zero-order chi connectivity index (χ0) is 21.4. The predicted molar refractivity (Wildman–Crippen MR) is 116 cm³/mol. The maximum atomic E-state index is 13.3. The number of anilines is 2. The van der Waals surface area contributed by atoms with E-state index in [0.29, 0.717) is 28.8 Å². The van der Waals surface area contributed by atoms with Crippen molar-refractivity contribution < 1.29 is 19.0 Å². The number of aromatic nitrogens is 1. The molecule has 0 radical (unpaired) electrons. The molecular formula is C22H22N2O5S. The molecule has 156 valence electrons. The SMILES string of the molecule is COc1cccc(N2C(=O)C[C@H](c3ccc(OC)c(OC)c3)c3sc(=O)n(C)c32)c1. The second kappa shape index (κ2) is 7.87. The molecule has 4 rings (SSSR count). The molecule has 0 aliphatic carbocycles. The van der Waals surface area contributed by atoms with Crippen LogP contribution in [-0.4, -0.2) is 31.8 Å². The van der Waals surface area contributed by atoms with Crippen molar-refractivity contribution in [3.63, 3.8) is 0 Å². The van der Waals surface area contributed by atoms with Gasteiger partial charge in [-0.25, -0.2) is 0 Å². The zero-order valence-electron chi connectivity index (χ0n) is 17.2. The average molecular weight is 426 g/mol. The fourth-order valence-electron chi connectivity index (χ4n) is 3.78. The Bertz CT molecular complexity index is 1170. The topological polar surface area (TPSA) is 70.0 Å². The van der Waals surface area contributed by atoms with Gasteiger partial charge in [0.1, 0.15) is 11.6 Å². The zero-order valence-corrected chi connectivity index (χ0v) is 18.0. The van der Waals surface area contributed by atoms with E-state index in [1.54, 1.807) is 39.3 Å². The summed E-state index contributed by atoms with van der Waals surface area (Å²) in [7, 11) is 6.42. The molecule has 1 aliphatic heterocycles. The first-order valence-electron chi connectivity index (χ1n) is 9.37. The maximum absolute atomic E-state index is 13.3. The maximum Gasteiger partial charge on any atom is 0.308 e. The van der Waals surface area contributed by atoms with Crippen molar-refractivity contribution >= 4 is 28.7 Å². The minimum Gasteiger partial charge on any atom is -0.497 e. The van der Waals surface area contributed by atoms with E-state index in [2.05, 4.69) is 0 Å². The van der Waals surface area contributed by atoms with Crippen LogP contribution in [0.25, 0.3) is 0 Å². The standard InChI is InChI=1S/C22H22N2O5S/c1-23-21-20(30-22(23)26)16(13-8-9-17(28-3)18(10-13)29-4)12-19(25)24(21)14-6-5-7-15(11-14)27-2/h5-11,16H,12H2,1-4H3/t16-/m1/s1. The smallest absolute Gasteiger partial charge is 0.308 e. The van der Waals surface area contributed by atoms with E-state index >= 15 is 0 Å². The highest BCUT2D eigenvalue weighted by molar-refractivity contribution is 7.10. The molecule has 0 saturated carbocycles. The number of hydrogen-bond donors (Lipinski definition) is 0. The van der Waals surface area contributed by atoms with Gasteiger partial charge in [-0.15, -0.1) is 0 Å². The highest BCUT2D eigenvalue weighted by Crippen LogP contribution is 2.46. The van der Waals surface area contributed by atoms with Gasteiger partial charge in [0.25, 0.3) is 0 Å². The van der Waals surface area contributed by atoms with Crippen LogP contribution in [-0.2, 0) is 11.8 Å². The lowest BCUT2D eigenvalue weighted by molar-refractivity contribution is -0.118. The lowest BCUT2D eigenvalue weighted by Crippen LogP contribution is -2.34. The molecule has 0 fully saturated rings. The summed E-state index contributed by atoms with van der Waals surface area (Å²) in [5.74, 6) is 2.10. The van der Waals surface area contributed by atoms with E-state index in [0.717, 1.165) is 21.8 Å². The Labute approximate surface area is 178 Å². The molecule has 3 aromatic rings. The third-order valence-electron chi connectivity index (χ3n) is 5.29. The van der Waals surface area contributed by atoms with Crippen molar-refractivity contribution in [2.75, 3.05) is 26.2 Å². The summed E-state index contributed by atoms with van der Waals surface area (Å²) in [4.78, 5) is 28.2. The molecule has 1 atom stereocenters. The molecule has 0 N–H and O–H groups in total. The highest BCUT2D eigenvalue weighted by Gasteiger charge is 2.37. The number of rotatable bonds is 5. The van der Waals surface area contributed by atoms with Gasteiger partial charge in [-0.05, 0) is 29.8 Å². The fourth-order valence-corrected chi connectivity index (χ4v) is 4.87. The quantitative estimate of drug-likeness (QED) is 0.623. The van der Waals surface area contributed by atoms with Crippen molar-refractivity contribution in [1.82, 2.24) is 4.57 Å². The van der Waals surface area contributed by atoms with E-state index in [1.165, 1.54) is 4.57 Å². The van der Waals surface area contributed by atoms with Gasteiger partial charge in [0.05, 0.1) is 31.9 Å². The third-order valence-corrected chi connectivity index (χ3v) is 6.42. The van der Waals surface area contributed by atoms with Crippen molar-refractivity contribution in [1.29, 1.82) is 0 Å². The normalized spacial score (nSPS) is 15.7. The van der Waals surface area contributed by atoms with Crippen LogP contribution in [0.5, 0.6) is 17.2 Å². The van der Waals surface area contributed by atoms with Crippen LogP contribution in [0.15, 0.2) is 47.3 Å². The third kappa shape index (κ3) is 3.23. The lowest BCUT2D eigenvalue weighted by atomic mass is 9.90. The number of benzene rings is 2. The van der Waals surface area contributed by atoms with Crippen LogP contribution in [0.3, 0.4) is 0 Å². The average Bonchev–Trinajstić information content (AvgIpc) is 3.07. The summed E-state index contributed by atoms with van der Waals surface area (Å²) in [6.07, 6.45) is 0.236. The first kappa shape index (κ1) is 20.0. The number of amides is 1. The molecule has 2 heterocycles. The van der Waals surface area contributed by atoms with Gasteiger partial charge < -0.3 is 14.2 Å². The minimum absolute atomic E-state index is 0.0936. The first-order valence-corrected chi connectivity index (χ1v) is 10.2. The summed E-state index contributed by atoms with van der Waals surface area (Å²) in [6, 6.07) is 12.9. The Hall–Kier alpha value is -3.26. The van der Waals surface area contributed by atoms with E-state index in [4.69, 9.17) is 14.2 Å². The Morgan fingerprint density at radius 1 is 0.967 bits per heavy atom. The van der Waals surface area contributed by atoms with Crippen LogP contribution >= 0.6 is 11.3 Å². The van der Waals surface area contributed by atoms with Crippen LogP contribution in [0.4, 0.5) is 11.5 Å². The van der Waals surface area contributed by atoms with E-state index in [9.17, 15) is 9.59 Å². The molecule has 2 aromatic carbocycles. The van der Waals surface area contributed by atoms with Gasteiger partial charge in [-0.1, -0.05) is 23.5 Å². The van der Waals surface area contributed by atoms with E-state index in [-0.39, 0.29) is 23.1 Å². The summed E-state index contributed by atoms with van der Waals surface area (Å²) in [5, 5.41) is 0. The summed E-state index contributed by atoms with van der Waals surface area (Å²) >= 11 is 1.16. The Morgan fingerprint density at radius 2 is 1.73 bits per heavy atom. The van der Waals surface area contributed by atoms with Crippen molar-refractivity contribution in [2.45, 2.75) is 12.3 Å².